The normalized spacial score (nSPS) is 15.4. The summed E-state index contributed by atoms with van der Waals surface area (Å²) in [6, 6.07) is 2.93. The first-order valence-corrected chi connectivity index (χ1v) is 11.9. The van der Waals surface area contributed by atoms with Gasteiger partial charge in [0.1, 0.15) is 18.1 Å². The highest BCUT2D eigenvalue weighted by atomic mass is 16.4. The maximum Gasteiger partial charge on any atom is 0.326 e. The lowest BCUT2D eigenvalue weighted by molar-refractivity contribution is -0.142. The zero-order chi connectivity index (χ0) is 26.8. The van der Waals surface area contributed by atoms with Crippen LogP contribution in [0.15, 0.2) is 30.5 Å². The molecule has 12 nitrogen and oxygen atoms in total. The maximum absolute atomic E-state index is 12.7. The van der Waals surface area contributed by atoms with Gasteiger partial charge in [-0.3, -0.25) is 14.4 Å². The first-order chi connectivity index (χ1) is 17.0. The highest BCUT2D eigenvalue weighted by molar-refractivity contribution is 5.94. The summed E-state index contributed by atoms with van der Waals surface area (Å²) in [4.78, 5) is 52.4. The Morgan fingerprint density at radius 3 is 2.33 bits per heavy atom. The van der Waals surface area contributed by atoms with E-state index in [1.54, 1.807) is 6.20 Å². The summed E-state index contributed by atoms with van der Waals surface area (Å²) in [5.41, 5.74) is 13.2. The number of unbranched alkanes of at least 4 members (excludes halogenated alkanes) is 1. The number of aliphatic carboxylic acids is 1. The average molecular weight is 505 g/mol. The second-order valence-corrected chi connectivity index (χ2v) is 8.81. The largest absolute Gasteiger partial charge is 0.480 e. The number of aromatic nitrogens is 1. The van der Waals surface area contributed by atoms with E-state index in [2.05, 4.69) is 20.9 Å². The van der Waals surface area contributed by atoms with E-state index < -0.39 is 54.0 Å². The summed E-state index contributed by atoms with van der Waals surface area (Å²) in [5, 5.41) is 27.6. The Bertz CT molecular complexity index is 1050. The fraction of sp³-hybridized carbons (Fsp3) is 0.500. The fourth-order valence-electron chi connectivity index (χ4n) is 3.71. The molecular formula is C24H36N6O6. The molecule has 2 aromatic rings. The smallest absolute Gasteiger partial charge is 0.326 e. The van der Waals surface area contributed by atoms with E-state index in [1.807, 2.05) is 24.3 Å². The van der Waals surface area contributed by atoms with Crippen molar-refractivity contribution >= 4 is 34.6 Å². The van der Waals surface area contributed by atoms with Crippen LogP contribution in [-0.4, -0.2) is 75.7 Å². The van der Waals surface area contributed by atoms with Crippen LogP contribution in [-0.2, 0) is 25.6 Å². The van der Waals surface area contributed by atoms with E-state index in [0.717, 1.165) is 16.5 Å². The third kappa shape index (κ3) is 8.04. The summed E-state index contributed by atoms with van der Waals surface area (Å²) in [6.45, 7) is 3.10. The molecule has 3 amide bonds. The minimum atomic E-state index is -1.37. The molecule has 0 saturated heterocycles. The number of carboxylic acids is 1. The molecule has 12 heteroatoms. The van der Waals surface area contributed by atoms with E-state index in [-0.39, 0.29) is 12.8 Å². The number of hydrogen-bond acceptors (Lipinski definition) is 7. The van der Waals surface area contributed by atoms with Crippen molar-refractivity contribution in [3.05, 3.63) is 36.0 Å². The molecule has 5 atom stereocenters. The number of carbonyl (C=O) groups excluding carboxylic acids is 3. The van der Waals surface area contributed by atoms with Crippen molar-refractivity contribution in [3.63, 3.8) is 0 Å². The molecule has 0 aliphatic heterocycles. The van der Waals surface area contributed by atoms with Gasteiger partial charge >= 0.3 is 5.97 Å². The van der Waals surface area contributed by atoms with Gasteiger partial charge in [0.15, 0.2) is 0 Å². The monoisotopic (exact) mass is 504 g/mol. The molecule has 1 aromatic carbocycles. The summed E-state index contributed by atoms with van der Waals surface area (Å²) < 4.78 is 0. The number of rotatable bonds is 14. The van der Waals surface area contributed by atoms with Gasteiger partial charge in [-0.2, -0.15) is 0 Å². The molecule has 198 valence electrons. The quantitative estimate of drug-likeness (QED) is 0.151. The zero-order valence-corrected chi connectivity index (χ0v) is 20.5. The summed E-state index contributed by atoms with van der Waals surface area (Å²) in [5.74, 6) is -3.37. The SMILES string of the molecule is CC(NC(=O)C(NC(=O)C(N)Cc1c[nH]c2ccccc12)C(C)O)C(=O)NC(CCCCN)C(=O)O. The van der Waals surface area contributed by atoms with E-state index in [0.29, 0.717) is 19.4 Å². The van der Waals surface area contributed by atoms with Crippen LogP contribution in [0.4, 0.5) is 0 Å². The number of amides is 3. The number of aliphatic hydroxyl groups excluding tert-OH is 1. The minimum Gasteiger partial charge on any atom is -0.480 e. The van der Waals surface area contributed by atoms with Gasteiger partial charge in [-0.05, 0) is 57.7 Å². The number of aliphatic hydroxyl groups is 1. The lowest BCUT2D eigenvalue weighted by Crippen LogP contribution is -2.59. The van der Waals surface area contributed by atoms with Crippen LogP contribution in [0, 0.1) is 0 Å². The van der Waals surface area contributed by atoms with Crippen LogP contribution >= 0.6 is 0 Å². The number of fused-ring (bicyclic) bond motifs is 1. The lowest BCUT2D eigenvalue weighted by atomic mass is 10.0. The Labute approximate surface area is 209 Å². The molecule has 0 bridgehead atoms. The Hall–Kier alpha value is -3.48. The van der Waals surface area contributed by atoms with E-state index in [1.165, 1.54) is 13.8 Å². The van der Waals surface area contributed by atoms with Gasteiger partial charge in [0.25, 0.3) is 0 Å². The summed E-state index contributed by atoms with van der Waals surface area (Å²) in [6.07, 6.45) is 2.00. The number of carbonyl (C=O) groups is 4. The summed E-state index contributed by atoms with van der Waals surface area (Å²) >= 11 is 0. The van der Waals surface area contributed by atoms with Crippen LogP contribution in [0.1, 0.15) is 38.7 Å². The highest BCUT2D eigenvalue weighted by Gasteiger charge is 2.31. The summed E-state index contributed by atoms with van der Waals surface area (Å²) in [7, 11) is 0. The molecule has 0 radical (unpaired) electrons. The van der Waals surface area contributed by atoms with E-state index in [4.69, 9.17) is 11.5 Å². The second kappa shape index (κ2) is 13.6. The van der Waals surface area contributed by atoms with Gasteiger partial charge in [0, 0.05) is 17.1 Å². The van der Waals surface area contributed by atoms with Crippen LogP contribution in [0.2, 0.25) is 0 Å². The zero-order valence-electron chi connectivity index (χ0n) is 20.5. The van der Waals surface area contributed by atoms with Gasteiger partial charge < -0.3 is 42.6 Å². The van der Waals surface area contributed by atoms with Crippen molar-refractivity contribution in [2.24, 2.45) is 11.5 Å². The van der Waals surface area contributed by atoms with Gasteiger partial charge in [-0.1, -0.05) is 18.2 Å². The number of nitrogens with one attached hydrogen (secondary N) is 4. The molecule has 0 saturated carbocycles. The number of aromatic amines is 1. The average Bonchev–Trinajstić information content (AvgIpc) is 3.23. The fourth-order valence-corrected chi connectivity index (χ4v) is 3.71. The van der Waals surface area contributed by atoms with Gasteiger partial charge in [-0.25, -0.2) is 4.79 Å². The molecular weight excluding hydrogens is 468 g/mol. The standard InChI is InChI=1S/C24H36N6O6/c1-13(21(32)29-19(24(35)36)9-5-6-10-25)28-23(34)20(14(2)31)30-22(33)17(26)11-15-12-27-18-8-4-3-7-16(15)18/h3-4,7-8,12-14,17,19-20,27,31H,5-6,9-11,25-26H2,1-2H3,(H,28,34)(H,29,32)(H,30,33)(H,35,36). The number of H-pyrrole nitrogens is 1. The molecule has 0 aliphatic rings. The Balaban J connectivity index is 1.96. The third-order valence-corrected chi connectivity index (χ3v) is 5.83. The van der Waals surface area contributed by atoms with E-state index >= 15 is 0 Å². The first kappa shape index (κ1) is 28.8. The van der Waals surface area contributed by atoms with Crippen LogP contribution < -0.4 is 27.4 Å². The Kier molecular flexibility index (Phi) is 10.8. The molecule has 0 spiro atoms. The first-order valence-electron chi connectivity index (χ1n) is 11.9. The van der Waals surface area contributed by atoms with Crippen molar-refractivity contribution in [2.75, 3.05) is 6.54 Å². The topological polar surface area (TPSA) is 213 Å². The van der Waals surface area contributed by atoms with Gasteiger partial charge in [-0.15, -0.1) is 0 Å². The van der Waals surface area contributed by atoms with Crippen molar-refractivity contribution < 1.29 is 29.4 Å². The van der Waals surface area contributed by atoms with Gasteiger partial charge in [0.05, 0.1) is 12.1 Å². The highest BCUT2D eigenvalue weighted by Crippen LogP contribution is 2.18. The molecule has 1 aromatic heterocycles. The molecule has 36 heavy (non-hydrogen) atoms. The van der Waals surface area contributed by atoms with Crippen molar-refractivity contribution in [3.8, 4) is 0 Å². The van der Waals surface area contributed by atoms with Crippen molar-refractivity contribution in [1.82, 2.24) is 20.9 Å². The predicted octanol–water partition coefficient (Wildman–Crippen LogP) is -0.894. The number of nitrogens with two attached hydrogens (primary N) is 2. The minimum absolute atomic E-state index is 0.194. The maximum atomic E-state index is 12.7. The Morgan fingerprint density at radius 1 is 1.00 bits per heavy atom. The predicted molar refractivity (Wildman–Crippen MR) is 134 cm³/mol. The van der Waals surface area contributed by atoms with Crippen molar-refractivity contribution in [2.45, 2.75) is 69.8 Å². The third-order valence-electron chi connectivity index (χ3n) is 5.83. The lowest BCUT2D eigenvalue weighted by Gasteiger charge is -2.25. The molecule has 5 unspecified atom stereocenters. The molecule has 2 rings (SSSR count). The number of hydrogen-bond donors (Lipinski definition) is 8. The number of benzene rings is 1. The number of para-hydroxylation sites is 1. The Morgan fingerprint density at radius 2 is 1.69 bits per heavy atom. The van der Waals surface area contributed by atoms with Crippen LogP contribution in [0.3, 0.4) is 0 Å². The molecule has 10 N–H and O–H groups in total. The molecule has 0 aliphatic carbocycles. The van der Waals surface area contributed by atoms with Crippen molar-refractivity contribution in [1.29, 1.82) is 0 Å². The molecule has 1 heterocycles. The van der Waals surface area contributed by atoms with Gasteiger partial charge in [0.2, 0.25) is 17.7 Å². The number of carboxylic acid groups (broad SMARTS) is 1. The van der Waals surface area contributed by atoms with E-state index in [9.17, 15) is 29.4 Å². The van der Waals surface area contributed by atoms with Crippen LogP contribution in [0.25, 0.3) is 10.9 Å². The van der Waals surface area contributed by atoms with Crippen LogP contribution in [0.5, 0.6) is 0 Å². The molecule has 0 fully saturated rings. The second-order valence-electron chi connectivity index (χ2n) is 8.81.